The molecule has 1 fully saturated rings. The first kappa shape index (κ1) is 7.07. The molecule has 0 aliphatic carbocycles. The predicted molar refractivity (Wildman–Crippen MR) is 43.9 cm³/mol. The summed E-state index contributed by atoms with van der Waals surface area (Å²) in [6.07, 6.45) is 7.28. The van der Waals surface area contributed by atoms with Gasteiger partial charge in [-0.05, 0) is 12.5 Å². The van der Waals surface area contributed by atoms with Gasteiger partial charge in [-0.15, -0.1) is 6.58 Å². The van der Waals surface area contributed by atoms with E-state index in [-0.39, 0.29) is 8.80 Å². The van der Waals surface area contributed by atoms with Crippen LogP contribution in [-0.2, 0) is 0 Å². The molecule has 1 saturated heterocycles. The van der Waals surface area contributed by atoms with E-state index < -0.39 is 0 Å². The Morgan fingerprint density at radius 1 is 1.44 bits per heavy atom. The van der Waals surface area contributed by atoms with Gasteiger partial charge in [0.1, 0.15) is 0 Å². The lowest BCUT2D eigenvalue weighted by Gasteiger charge is -2.17. The van der Waals surface area contributed by atoms with Gasteiger partial charge in [-0.25, -0.2) is 0 Å². The highest BCUT2D eigenvalue weighted by Crippen LogP contribution is 2.20. The van der Waals surface area contributed by atoms with Crippen molar-refractivity contribution in [3.05, 3.63) is 19.1 Å². The van der Waals surface area contributed by atoms with Crippen molar-refractivity contribution >= 4 is 8.80 Å². The first-order chi connectivity index (χ1) is 4.43. The van der Waals surface area contributed by atoms with Crippen LogP contribution in [0.1, 0.15) is 12.8 Å². The second-order valence-electron chi connectivity index (χ2n) is 2.61. The normalized spacial score (nSPS) is 21.8. The molecule has 2 radical (unpaired) electrons. The number of hydrogen-bond acceptors (Lipinski definition) is 0. The molecule has 1 rings (SSSR count). The molecule has 0 unspecified atom stereocenters. The standard InChI is InChI=1S/C8H14Si/c1-2-6-9-7-4-3-5-8-9/h2-3H,1,4-8H2. The van der Waals surface area contributed by atoms with Crippen molar-refractivity contribution in [3.63, 3.8) is 0 Å². The summed E-state index contributed by atoms with van der Waals surface area (Å²) >= 11 is 0. The van der Waals surface area contributed by atoms with E-state index in [1.165, 1.54) is 31.0 Å². The smallest absolute Gasteiger partial charge is 0.0519 e. The van der Waals surface area contributed by atoms with Crippen molar-refractivity contribution in [2.75, 3.05) is 0 Å². The lowest BCUT2D eigenvalue weighted by Crippen LogP contribution is -2.14. The Labute approximate surface area is 59.6 Å². The molecule has 1 heteroatoms. The van der Waals surface area contributed by atoms with E-state index in [9.17, 15) is 0 Å². The molecular weight excluding hydrogens is 124 g/mol. The van der Waals surface area contributed by atoms with Gasteiger partial charge in [0.15, 0.2) is 0 Å². The first-order valence-electron chi connectivity index (χ1n) is 3.69. The predicted octanol–water partition coefficient (Wildman–Crippen LogP) is 2.67. The van der Waals surface area contributed by atoms with Crippen LogP contribution < -0.4 is 0 Å². The van der Waals surface area contributed by atoms with E-state index in [1.807, 2.05) is 0 Å². The van der Waals surface area contributed by atoms with Crippen molar-refractivity contribution in [3.8, 4) is 0 Å². The molecule has 9 heavy (non-hydrogen) atoms. The molecule has 0 atom stereocenters. The highest BCUT2D eigenvalue weighted by molar-refractivity contribution is 6.59. The molecule has 0 aromatic rings. The molecule has 1 aliphatic heterocycles. The van der Waals surface area contributed by atoms with Crippen LogP contribution in [0.2, 0.25) is 18.1 Å². The zero-order chi connectivity index (χ0) is 6.53. The SMILES string of the molecule is C=CC[Si]1CC[CH]CC1. The zero-order valence-corrected chi connectivity index (χ0v) is 6.90. The first-order valence-corrected chi connectivity index (χ1v) is 5.81. The molecule has 1 heterocycles. The van der Waals surface area contributed by atoms with Gasteiger partial charge in [-0.2, -0.15) is 0 Å². The van der Waals surface area contributed by atoms with Crippen LogP contribution in [0.15, 0.2) is 12.7 Å². The quantitative estimate of drug-likeness (QED) is 0.406. The van der Waals surface area contributed by atoms with Gasteiger partial charge in [-0.3, -0.25) is 0 Å². The van der Waals surface area contributed by atoms with Crippen molar-refractivity contribution in [1.29, 1.82) is 0 Å². The third-order valence-electron chi connectivity index (χ3n) is 1.84. The van der Waals surface area contributed by atoms with Gasteiger partial charge < -0.3 is 0 Å². The summed E-state index contributed by atoms with van der Waals surface area (Å²) in [6, 6.07) is 4.33. The molecule has 0 saturated carbocycles. The zero-order valence-electron chi connectivity index (χ0n) is 5.90. The summed E-state index contributed by atoms with van der Waals surface area (Å²) in [5, 5.41) is 0. The lowest BCUT2D eigenvalue weighted by atomic mass is 10.3. The Bertz CT molecular complexity index is 82.6. The topological polar surface area (TPSA) is 0 Å². The molecule has 0 spiro atoms. The Hall–Kier alpha value is -0.0431. The van der Waals surface area contributed by atoms with E-state index in [4.69, 9.17) is 0 Å². The van der Waals surface area contributed by atoms with Crippen LogP contribution in [0.25, 0.3) is 0 Å². The summed E-state index contributed by atoms with van der Waals surface area (Å²) in [5.41, 5.74) is 0. The van der Waals surface area contributed by atoms with Gasteiger partial charge in [0.25, 0.3) is 0 Å². The Morgan fingerprint density at radius 2 is 2.11 bits per heavy atom. The van der Waals surface area contributed by atoms with Gasteiger partial charge in [0, 0.05) is 0 Å². The van der Waals surface area contributed by atoms with Crippen molar-refractivity contribution < 1.29 is 0 Å². The maximum absolute atomic E-state index is 3.77. The van der Waals surface area contributed by atoms with E-state index in [2.05, 4.69) is 19.1 Å². The number of allylic oxidation sites excluding steroid dienone is 1. The van der Waals surface area contributed by atoms with Crippen LogP contribution >= 0.6 is 0 Å². The summed E-state index contributed by atoms with van der Waals surface area (Å²) < 4.78 is 0. The lowest BCUT2D eigenvalue weighted by molar-refractivity contribution is 0.894. The maximum atomic E-state index is 3.77. The van der Waals surface area contributed by atoms with Gasteiger partial charge in [0.2, 0.25) is 0 Å². The second-order valence-corrected chi connectivity index (χ2v) is 5.52. The van der Waals surface area contributed by atoms with Crippen LogP contribution in [0.5, 0.6) is 0 Å². The number of hydrogen-bond donors (Lipinski definition) is 0. The summed E-state index contributed by atoms with van der Waals surface area (Å²) in [6.45, 7) is 3.77. The van der Waals surface area contributed by atoms with E-state index in [1.54, 1.807) is 0 Å². The molecule has 0 aromatic heterocycles. The van der Waals surface area contributed by atoms with E-state index in [0.29, 0.717) is 0 Å². The fourth-order valence-corrected chi connectivity index (χ4v) is 3.58. The van der Waals surface area contributed by atoms with Gasteiger partial charge in [-0.1, -0.05) is 31.0 Å². The molecule has 0 bridgehead atoms. The van der Waals surface area contributed by atoms with E-state index >= 15 is 0 Å². The monoisotopic (exact) mass is 138 g/mol. The fourth-order valence-electron chi connectivity index (χ4n) is 1.29. The number of rotatable bonds is 2. The molecule has 0 aromatic carbocycles. The summed E-state index contributed by atoms with van der Waals surface area (Å²) in [4.78, 5) is 0. The third-order valence-corrected chi connectivity index (χ3v) is 4.69. The highest BCUT2D eigenvalue weighted by Gasteiger charge is 2.12. The third kappa shape index (κ3) is 2.35. The minimum Gasteiger partial charge on any atom is -0.103 e. The molecule has 0 N–H and O–H groups in total. The average molecular weight is 138 g/mol. The maximum Gasteiger partial charge on any atom is 0.0519 e. The van der Waals surface area contributed by atoms with Crippen LogP contribution in [0.3, 0.4) is 0 Å². The molecule has 0 nitrogen and oxygen atoms in total. The Morgan fingerprint density at radius 3 is 2.67 bits per heavy atom. The Balaban J connectivity index is 2.15. The Kier molecular flexibility index (Phi) is 3.05. The summed E-state index contributed by atoms with van der Waals surface area (Å²) in [7, 11) is 0.0517. The van der Waals surface area contributed by atoms with Crippen molar-refractivity contribution in [2.24, 2.45) is 0 Å². The van der Waals surface area contributed by atoms with Gasteiger partial charge >= 0.3 is 0 Å². The fraction of sp³-hybridized carbons (Fsp3) is 0.625. The average Bonchev–Trinajstić information content (AvgIpc) is 1.91. The van der Waals surface area contributed by atoms with Crippen molar-refractivity contribution in [1.82, 2.24) is 0 Å². The molecule has 0 amide bonds. The molecule has 1 aliphatic rings. The van der Waals surface area contributed by atoms with Crippen molar-refractivity contribution in [2.45, 2.75) is 31.0 Å². The minimum absolute atomic E-state index is 0.0517. The largest absolute Gasteiger partial charge is 0.103 e. The van der Waals surface area contributed by atoms with E-state index in [0.717, 1.165) is 0 Å². The van der Waals surface area contributed by atoms with Crippen LogP contribution in [-0.4, -0.2) is 8.80 Å². The summed E-state index contributed by atoms with van der Waals surface area (Å²) in [5.74, 6) is 0. The highest BCUT2D eigenvalue weighted by atomic mass is 28.3. The minimum atomic E-state index is 0.0517. The molecular formula is C8H14Si. The molecule has 50 valence electrons. The van der Waals surface area contributed by atoms with Crippen LogP contribution in [0, 0.1) is 6.42 Å². The second kappa shape index (κ2) is 3.88. The van der Waals surface area contributed by atoms with Gasteiger partial charge in [0.05, 0.1) is 8.80 Å². The van der Waals surface area contributed by atoms with Crippen LogP contribution in [0.4, 0.5) is 0 Å².